The van der Waals surface area contributed by atoms with E-state index in [1.165, 1.54) is 38.9 Å². The molecule has 0 unspecified atom stereocenters. The Bertz CT molecular complexity index is 1340. The first-order valence-electron chi connectivity index (χ1n) is 11.8. The zero-order valence-corrected chi connectivity index (χ0v) is 19.2. The molecule has 0 fully saturated rings. The van der Waals surface area contributed by atoms with E-state index < -0.39 is 0 Å². The van der Waals surface area contributed by atoms with E-state index in [0.717, 1.165) is 24.8 Å². The fourth-order valence-electron chi connectivity index (χ4n) is 4.66. The van der Waals surface area contributed by atoms with E-state index in [4.69, 9.17) is 0 Å². The van der Waals surface area contributed by atoms with E-state index in [0.29, 0.717) is 5.75 Å². The molecule has 166 valence electrons. The SMILES string of the molecule is Oc1ccc(-c2ccc(Cc3ccccc3)c(Cc3ccccc3)c2Cc2ccccc2)cc1. The fourth-order valence-corrected chi connectivity index (χ4v) is 4.66. The van der Waals surface area contributed by atoms with Gasteiger partial charge in [-0.15, -0.1) is 0 Å². The first-order chi connectivity index (χ1) is 16.8. The molecule has 1 nitrogen and oxygen atoms in total. The topological polar surface area (TPSA) is 20.2 Å². The summed E-state index contributed by atoms with van der Waals surface area (Å²) in [5, 5.41) is 9.87. The number of benzene rings is 5. The summed E-state index contributed by atoms with van der Waals surface area (Å²) in [4.78, 5) is 0. The minimum Gasteiger partial charge on any atom is -0.508 e. The summed E-state index contributed by atoms with van der Waals surface area (Å²) >= 11 is 0. The Balaban J connectivity index is 1.69. The lowest BCUT2D eigenvalue weighted by Crippen LogP contribution is -2.06. The molecule has 0 saturated heterocycles. The molecule has 0 amide bonds. The first-order valence-corrected chi connectivity index (χ1v) is 11.8. The van der Waals surface area contributed by atoms with Crippen molar-refractivity contribution in [1.82, 2.24) is 0 Å². The summed E-state index contributed by atoms with van der Waals surface area (Å²) in [7, 11) is 0. The van der Waals surface area contributed by atoms with Crippen LogP contribution in [0.2, 0.25) is 0 Å². The van der Waals surface area contributed by atoms with Crippen molar-refractivity contribution in [3.05, 3.63) is 161 Å². The maximum absolute atomic E-state index is 9.87. The molecular weight excluding hydrogens is 412 g/mol. The van der Waals surface area contributed by atoms with Crippen molar-refractivity contribution in [3.8, 4) is 16.9 Å². The summed E-state index contributed by atoms with van der Waals surface area (Å²) in [6.07, 6.45) is 2.65. The van der Waals surface area contributed by atoms with Crippen LogP contribution in [-0.4, -0.2) is 5.11 Å². The van der Waals surface area contributed by atoms with Gasteiger partial charge in [0.2, 0.25) is 0 Å². The van der Waals surface area contributed by atoms with Gasteiger partial charge in [0.1, 0.15) is 5.75 Å². The Morgan fingerprint density at radius 1 is 0.412 bits per heavy atom. The van der Waals surface area contributed by atoms with Crippen LogP contribution in [0.15, 0.2) is 127 Å². The molecule has 1 N–H and O–H groups in total. The van der Waals surface area contributed by atoms with Crippen LogP contribution in [-0.2, 0) is 19.3 Å². The predicted octanol–water partition coefficient (Wildman–Crippen LogP) is 7.83. The van der Waals surface area contributed by atoms with Crippen molar-refractivity contribution in [1.29, 1.82) is 0 Å². The smallest absolute Gasteiger partial charge is 0.115 e. The second-order valence-electron chi connectivity index (χ2n) is 8.76. The lowest BCUT2D eigenvalue weighted by Gasteiger charge is -2.20. The highest BCUT2D eigenvalue weighted by atomic mass is 16.3. The third-order valence-corrected chi connectivity index (χ3v) is 6.39. The Hall–Kier alpha value is -4.10. The Morgan fingerprint density at radius 2 is 0.882 bits per heavy atom. The first kappa shape index (κ1) is 21.7. The van der Waals surface area contributed by atoms with Gasteiger partial charge in [-0.3, -0.25) is 0 Å². The van der Waals surface area contributed by atoms with Crippen LogP contribution in [0, 0.1) is 0 Å². The van der Waals surface area contributed by atoms with Crippen LogP contribution >= 0.6 is 0 Å². The molecule has 0 saturated carbocycles. The number of hydrogen-bond acceptors (Lipinski definition) is 1. The van der Waals surface area contributed by atoms with E-state index >= 15 is 0 Å². The number of hydrogen-bond donors (Lipinski definition) is 1. The van der Waals surface area contributed by atoms with Crippen molar-refractivity contribution >= 4 is 0 Å². The van der Waals surface area contributed by atoms with Crippen molar-refractivity contribution in [2.75, 3.05) is 0 Å². The van der Waals surface area contributed by atoms with E-state index in [1.54, 1.807) is 12.1 Å². The number of aromatic hydroxyl groups is 1. The Morgan fingerprint density at radius 3 is 1.41 bits per heavy atom. The third-order valence-electron chi connectivity index (χ3n) is 6.39. The van der Waals surface area contributed by atoms with Gasteiger partial charge in [0, 0.05) is 0 Å². The molecule has 5 aromatic rings. The van der Waals surface area contributed by atoms with Gasteiger partial charge in [-0.1, -0.05) is 115 Å². The van der Waals surface area contributed by atoms with E-state index in [9.17, 15) is 5.11 Å². The maximum atomic E-state index is 9.87. The van der Waals surface area contributed by atoms with Crippen LogP contribution in [0.4, 0.5) is 0 Å². The van der Waals surface area contributed by atoms with Gasteiger partial charge < -0.3 is 5.11 Å². The molecule has 34 heavy (non-hydrogen) atoms. The van der Waals surface area contributed by atoms with Gasteiger partial charge >= 0.3 is 0 Å². The summed E-state index contributed by atoms with van der Waals surface area (Å²) in [6.45, 7) is 0. The zero-order valence-electron chi connectivity index (χ0n) is 19.2. The molecule has 0 aliphatic rings. The van der Waals surface area contributed by atoms with Crippen LogP contribution in [0.1, 0.15) is 33.4 Å². The largest absolute Gasteiger partial charge is 0.508 e. The van der Waals surface area contributed by atoms with Crippen LogP contribution in [0.3, 0.4) is 0 Å². The van der Waals surface area contributed by atoms with E-state index in [-0.39, 0.29) is 0 Å². The third kappa shape index (κ3) is 5.10. The van der Waals surface area contributed by atoms with Crippen molar-refractivity contribution < 1.29 is 5.11 Å². The molecule has 0 heterocycles. The molecule has 0 aliphatic heterocycles. The van der Waals surface area contributed by atoms with Crippen LogP contribution in [0.5, 0.6) is 5.75 Å². The van der Waals surface area contributed by atoms with Gasteiger partial charge in [0.15, 0.2) is 0 Å². The second-order valence-corrected chi connectivity index (χ2v) is 8.76. The molecular formula is C33H28O. The highest BCUT2D eigenvalue weighted by Gasteiger charge is 2.16. The van der Waals surface area contributed by atoms with Gasteiger partial charge in [-0.2, -0.15) is 0 Å². The molecule has 0 atom stereocenters. The average molecular weight is 441 g/mol. The van der Waals surface area contributed by atoms with Crippen molar-refractivity contribution in [3.63, 3.8) is 0 Å². The van der Waals surface area contributed by atoms with Gasteiger partial charge in [0.05, 0.1) is 0 Å². The fraction of sp³-hybridized carbons (Fsp3) is 0.0909. The van der Waals surface area contributed by atoms with E-state index in [2.05, 4.69) is 103 Å². The minimum absolute atomic E-state index is 0.290. The number of rotatable bonds is 7. The lowest BCUT2D eigenvalue weighted by atomic mass is 9.84. The number of phenols is 1. The Labute approximate surface area is 202 Å². The maximum Gasteiger partial charge on any atom is 0.115 e. The second kappa shape index (κ2) is 10.2. The Kier molecular flexibility index (Phi) is 6.54. The highest BCUT2D eigenvalue weighted by Crippen LogP contribution is 2.34. The molecule has 0 aromatic heterocycles. The van der Waals surface area contributed by atoms with Crippen molar-refractivity contribution in [2.24, 2.45) is 0 Å². The molecule has 5 rings (SSSR count). The molecule has 0 radical (unpaired) electrons. The lowest BCUT2D eigenvalue weighted by molar-refractivity contribution is 0.475. The predicted molar refractivity (Wildman–Crippen MR) is 141 cm³/mol. The zero-order chi connectivity index (χ0) is 23.2. The van der Waals surface area contributed by atoms with Gasteiger partial charge in [-0.05, 0) is 75.9 Å². The van der Waals surface area contributed by atoms with Gasteiger partial charge in [-0.25, -0.2) is 0 Å². The molecule has 1 heteroatoms. The normalized spacial score (nSPS) is 10.8. The average Bonchev–Trinajstić information content (AvgIpc) is 2.88. The van der Waals surface area contributed by atoms with E-state index in [1.807, 2.05) is 12.1 Å². The standard InChI is InChI=1S/C33H28O/c34-30-19-16-28(17-20-30)31-21-18-29(22-25-10-4-1-5-11-25)32(23-26-12-6-2-7-13-26)33(31)24-27-14-8-3-9-15-27/h1-21,34H,22-24H2. The summed E-state index contributed by atoms with van der Waals surface area (Å²) < 4.78 is 0. The number of phenolic OH excluding ortho intramolecular Hbond substituents is 1. The van der Waals surface area contributed by atoms with Gasteiger partial charge in [0.25, 0.3) is 0 Å². The minimum atomic E-state index is 0.290. The summed E-state index contributed by atoms with van der Waals surface area (Å²) in [5.41, 5.74) is 10.4. The molecule has 0 bridgehead atoms. The highest BCUT2D eigenvalue weighted by molar-refractivity contribution is 5.71. The van der Waals surface area contributed by atoms with Crippen LogP contribution in [0.25, 0.3) is 11.1 Å². The van der Waals surface area contributed by atoms with Crippen LogP contribution < -0.4 is 0 Å². The molecule has 0 spiro atoms. The van der Waals surface area contributed by atoms with Crippen molar-refractivity contribution in [2.45, 2.75) is 19.3 Å². The molecule has 0 aliphatic carbocycles. The molecule has 5 aromatic carbocycles. The quantitative estimate of drug-likeness (QED) is 0.273. The summed E-state index contributed by atoms with van der Waals surface area (Å²) in [6, 6.07) is 44.3. The monoisotopic (exact) mass is 440 g/mol. The summed E-state index contributed by atoms with van der Waals surface area (Å²) in [5.74, 6) is 0.290.